The average molecular weight is 404 g/mol. The number of likely N-dealkylation sites (tertiary alicyclic amines) is 1. The van der Waals surface area contributed by atoms with Crippen molar-refractivity contribution in [3.8, 4) is 0 Å². The molecule has 1 heterocycles. The van der Waals surface area contributed by atoms with Gasteiger partial charge < -0.3 is 0 Å². The summed E-state index contributed by atoms with van der Waals surface area (Å²) < 4.78 is 39.8. The molecule has 1 aromatic carbocycles. The fraction of sp³-hybridized carbons (Fsp3) is 0.476. The van der Waals surface area contributed by atoms with Crippen LogP contribution in [0.5, 0.6) is 0 Å². The van der Waals surface area contributed by atoms with E-state index in [1.807, 2.05) is 12.2 Å². The van der Waals surface area contributed by atoms with Crippen LogP contribution in [0, 0.1) is 42.4 Å². The highest BCUT2D eigenvalue weighted by molar-refractivity contribution is 6.07. The minimum absolute atomic E-state index is 0.00624. The van der Waals surface area contributed by atoms with E-state index in [-0.39, 0.29) is 17.5 Å². The lowest BCUT2D eigenvalue weighted by Crippen LogP contribution is -2.49. The molecular formula is C21H19F3N2O3. The minimum Gasteiger partial charge on any atom is -0.286 e. The molecule has 1 aromatic rings. The first-order chi connectivity index (χ1) is 13.7. The van der Waals surface area contributed by atoms with Gasteiger partial charge >= 0.3 is 12.1 Å². The molecule has 0 radical (unpaired) electrons. The van der Waals surface area contributed by atoms with Gasteiger partial charge in [-0.3, -0.25) is 24.2 Å². The Morgan fingerprint density at radius 1 is 1.10 bits per heavy atom. The number of rotatable bonds is 3. The second-order valence-electron chi connectivity index (χ2n) is 8.47. The van der Waals surface area contributed by atoms with Crippen molar-refractivity contribution in [2.24, 2.45) is 35.5 Å². The van der Waals surface area contributed by atoms with Crippen molar-refractivity contribution < 1.29 is 27.6 Å². The summed E-state index contributed by atoms with van der Waals surface area (Å²) >= 11 is 0. The molecule has 6 atom stereocenters. The molecule has 29 heavy (non-hydrogen) atoms. The van der Waals surface area contributed by atoms with Gasteiger partial charge in [0.25, 0.3) is 0 Å². The summed E-state index contributed by atoms with van der Waals surface area (Å²) in [5.74, 6) is -3.30. The van der Waals surface area contributed by atoms with E-state index in [1.54, 1.807) is 13.0 Å². The molecule has 8 heteroatoms. The predicted octanol–water partition coefficient (Wildman–Crippen LogP) is 2.90. The highest BCUT2D eigenvalue weighted by Gasteiger charge is 2.67. The SMILES string of the molecule is Cc1cccc(N(CN2C(=O)[C@@H]3[C@@H]4C=C[C@H]([C@H]5C[C@@H]45)[C@@H]3C2=O)C(=O)C(F)(F)F)c1. The Hall–Kier alpha value is -2.64. The Kier molecular flexibility index (Phi) is 3.76. The number of anilines is 1. The first kappa shape index (κ1) is 18.4. The molecule has 0 N–H and O–H groups in total. The van der Waals surface area contributed by atoms with Crippen molar-refractivity contribution >= 4 is 23.4 Å². The molecule has 1 saturated heterocycles. The van der Waals surface area contributed by atoms with Crippen LogP contribution >= 0.6 is 0 Å². The molecule has 152 valence electrons. The Morgan fingerprint density at radius 3 is 2.21 bits per heavy atom. The van der Waals surface area contributed by atoms with Crippen molar-refractivity contribution in [2.75, 3.05) is 11.6 Å². The standard InChI is InChI=1S/C21H19F3N2O3/c1-10-3-2-4-11(7-10)25(20(29)21(22,23)24)9-26-18(27)16-12-5-6-13(15-8-14(12)15)17(16)19(26)28/h2-7,12-17H,8-9H2,1H3/t12-,13-,14-,15+,16+,17-/m1/s1. The lowest BCUT2D eigenvalue weighted by Gasteiger charge is -2.37. The molecule has 5 aliphatic rings. The third-order valence-corrected chi connectivity index (χ3v) is 6.84. The van der Waals surface area contributed by atoms with E-state index in [1.165, 1.54) is 18.2 Å². The second-order valence-corrected chi connectivity index (χ2v) is 8.47. The van der Waals surface area contributed by atoms with Gasteiger partial charge in [0.2, 0.25) is 11.8 Å². The van der Waals surface area contributed by atoms with Crippen LogP contribution in [-0.4, -0.2) is 35.5 Å². The Balaban J connectivity index is 1.47. The van der Waals surface area contributed by atoms with E-state index < -0.39 is 42.4 Å². The number of hydrogen-bond donors (Lipinski definition) is 0. The average Bonchev–Trinajstić information content (AvgIpc) is 3.44. The van der Waals surface area contributed by atoms with Gasteiger partial charge in [0.1, 0.15) is 6.67 Å². The maximum atomic E-state index is 13.3. The third-order valence-electron chi connectivity index (χ3n) is 6.84. The molecule has 0 aromatic heterocycles. The zero-order valence-electron chi connectivity index (χ0n) is 15.6. The van der Waals surface area contributed by atoms with Crippen LogP contribution in [-0.2, 0) is 14.4 Å². The second kappa shape index (κ2) is 5.93. The van der Waals surface area contributed by atoms with E-state index in [4.69, 9.17) is 0 Å². The number of halogens is 3. The van der Waals surface area contributed by atoms with Crippen molar-refractivity contribution in [1.82, 2.24) is 4.90 Å². The molecule has 1 aliphatic heterocycles. The number of aryl methyl sites for hydroxylation is 1. The summed E-state index contributed by atoms with van der Waals surface area (Å²) in [5.41, 5.74) is 0.671. The summed E-state index contributed by atoms with van der Waals surface area (Å²) in [4.78, 5) is 39.6. The van der Waals surface area contributed by atoms with Crippen LogP contribution in [0.2, 0.25) is 0 Å². The van der Waals surface area contributed by atoms with Crippen LogP contribution in [0.25, 0.3) is 0 Å². The smallest absolute Gasteiger partial charge is 0.286 e. The quantitative estimate of drug-likeness (QED) is 0.575. The molecule has 2 bridgehead atoms. The van der Waals surface area contributed by atoms with Gasteiger partial charge in [-0.2, -0.15) is 13.2 Å². The zero-order chi connectivity index (χ0) is 20.7. The summed E-state index contributed by atoms with van der Waals surface area (Å²) in [7, 11) is 0. The Bertz CT molecular complexity index is 921. The topological polar surface area (TPSA) is 57.7 Å². The van der Waals surface area contributed by atoms with Crippen LogP contribution in [0.4, 0.5) is 18.9 Å². The normalized spacial score (nSPS) is 34.3. The lowest BCUT2D eigenvalue weighted by molar-refractivity contribution is -0.171. The van der Waals surface area contributed by atoms with E-state index in [2.05, 4.69) is 0 Å². The molecular weight excluding hydrogens is 385 g/mol. The molecule has 0 unspecified atom stereocenters. The molecule has 0 spiro atoms. The summed E-state index contributed by atoms with van der Waals surface area (Å²) in [6, 6.07) is 6.03. The van der Waals surface area contributed by atoms with Gasteiger partial charge in [0.05, 0.1) is 11.8 Å². The predicted molar refractivity (Wildman–Crippen MR) is 96.1 cm³/mol. The van der Waals surface area contributed by atoms with E-state index in [9.17, 15) is 27.6 Å². The first-order valence-corrected chi connectivity index (χ1v) is 9.67. The van der Waals surface area contributed by atoms with E-state index >= 15 is 0 Å². The first-order valence-electron chi connectivity index (χ1n) is 9.67. The number of nitrogens with zero attached hydrogens (tertiary/aromatic N) is 2. The number of alkyl halides is 3. The van der Waals surface area contributed by atoms with E-state index in [0.29, 0.717) is 22.3 Å². The van der Waals surface area contributed by atoms with Crippen LogP contribution in [0.1, 0.15) is 12.0 Å². The summed E-state index contributed by atoms with van der Waals surface area (Å²) in [6.45, 7) is 0.970. The maximum absolute atomic E-state index is 13.3. The fourth-order valence-corrected chi connectivity index (χ4v) is 5.51. The highest BCUT2D eigenvalue weighted by atomic mass is 19.4. The van der Waals surface area contributed by atoms with Crippen LogP contribution < -0.4 is 4.90 Å². The minimum atomic E-state index is -5.12. The third kappa shape index (κ3) is 2.64. The molecule has 6 rings (SSSR count). The number of amides is 3. The van der Waals surface area contributed by atoms with Crippen molar-refractivity contribution in [2.45, 2.75) is 19.5 Å². The Morgan fingerprint density at radius 2 is 1.69 bits per heavy atom. The van der Waals surface area contributed by atoms with Gasteiger partial charge in [0.15, 0.2) is 0 Å². The van der Waals surface area contributed by atoms with Gasteiger partial charge in [-0.25, -0.2) is 0 Å². The fourth-order valence-electron chi connectivity index (χ4n) is 5.51. The van der Waals surface area contributed by atoms with Gasteiger partial charge in [0, 0.05) is 5.69 Å². The van der Waals surface area contributed by atoms with E-state index in [0.717, 1.165) is 11.3 Å². The number of allylic oxidation sites excluding steroid dienone is 2. The summed E-state index contributed by atoms with van der Waals surface area (Å²) in [6.07, 6.45) is -0.135. The van der Waals surface area contributed by atoms with Crippen molar-refractivity contribution in [1.29, 1.82) is 0 Å². The van der Waals surface area contributed by atoms with Gasteiger partial charge in [-0.05, 0) is 54.7 Å². The highest BCUT2D eigenvalue weighted by Crippen LogP contribution is 2.65. The van der Waals surface area contributed by atoms with Crippen LogP contribution in [0.3, 0.4) is 0 Å². The van der Waals surface area contributed by atoms with Gasteiger partial charge in [-0.15, -0.1) is 0 Å². The molecule has 3 amide bonds. The molecule has 2 saturated carbocycles. The maximum Gasteiger partial charge on any atom is 0.471 e. The molecule has 3 fully saturated rings. The van der Waals surface area contributed by atoms with Crippen molar-refractivity contribution in [3.05, 3.63) is 42.0 Å². The van der Waals surface area contributed by atoms with Crippen LogP contribution in [0.15, 0.2) is 36.4 Å². The number of carbonyl (C=O) groups is 3. The number of carbonyl (C=O) groups excluding carboxylic acids is 3. The molecule has 4 aliphatic carbocycles. The number of benzene rings is 1. The largest absolute Gasteiger partial charge is 0.471 e. The van der Waals surface area contributed by atoms with Crippen molar-refractivity contribution in [3.63, 3.8) is 0 Å². The number of imide groups is 1. The lowest BCUT2D eigenvalue weighted by atomic mass is 9.63. The molecule has 5 nitrogen and oxygen atoms in total. The van der Waals surface area contributed by atoms with Gasteiger partial charge in [-0.1, -0.05) is 24.3 Å². The monoisotopic (exact) mass is 404 g/mol. The zero-order valence-corrected chi connectivity index (χ0v) is 15.6. The number of hydrogen-bond acceptors (Lipinski definition) is 3. The summed E-state index contributed by atoms with van der Waals surface area (Å²) in [5, 5.41) is 0. The Labute approximate surface area is 165 Å².